The molecule has 0 bridgehead atoms. The maximum Gasteiger partial charge on any atom is 0.153 e. The van der Waals surface area contributed by atoms with Gasteiger partial charge in [-0.15, -0.1) is 0 Å². The third-order valence-corrected chi connectivity index (χ3v) is 5.33. The minimum atomic E-state index is 0.223. The second-order valence-corrected chi connectivity index (χ2v) is 7.54. The zero-order chi connectivity index (χ0) is 23.8. The molecule has 0 saturated carbocycles. The second kappa shape index (κ2) is 11.2. The number of furan rings is 1. The molecular formula is C27H31N3O3. The topological polar surface area (TPSA) is 93.5 Å². The minimum absolute atomic E-state index is 0.223. The Morgan fingerprint density at radius 1 is 1.21 bits per heavy atom. The summed E-state index contributed by atoms with van der Waals surface area (Å²) in [7, 11) is 5.17. The number of hydrogen-bond acceptors (Lipinski definition) is 6. The molecule has 1 aliphatic rings. The lowest BCUT2D eigenvalue weighted by atomic mass is 10.00. The molecule has 0 aliphatic heterocycles. The Kier molecular flexibility index (Phi) is 8.11. The Morgan fingerprint density at radius 2 is 2.03 bits per heavy atom. The summed E-state index contributed by atoms with van der Waals surface area (Å²) in [6.07, 6.45) is 7.65. The predicted molar refractivity (Wildman–Crippen MR) is 135 cm³/mol. The first-order valence-electron chi connectivity index (χ1n) is 10.8. The maximum atomic E-state index is 8.50. The summed E-state index contributed by atoms with van der Waals surface area (Å²) in [6, 6.07) is 13.5. The number of allylic oxidation sites excluding steroid dienone is 1. The van der Waals surface area contributed by atoms with Crippen LogP contribution in [-0.4, -0.2) is 27.0 Å². The average molecular weight is 446 g/mol. The van der Waals surface area contributed by atoms with Crippen LogP contribution in [-0.2, 0) is 13.0 Å². The van der Waals surface area contributed by atoms with Gasteiger partial charge in [0.05, 0.1) is 19.8 Å². The number of ether oxygens (including phenoxy) is 2. The van der Waals surface area contributed by atoms with Gasteiger partial charge in [0.2, 0.25) is 0 Å². The van der Waals surface area contributed by atoms with Crippen LogP contribution in [0.1, 0.15) is 40.2 Å². The molecule has 2 aromatic carbocycles. The molecule has 172 valence electrons. The van der Waals surface area contributed by atoms with Crippen LogP contribution in [0, 0.1) is 5.41 Å². The fraction of sp³-hybridized carbons (Fsp3) is 0.222. The molecule has 0 unspecified atom stereocenters. The van der Waals surface area contributed by atoms with Crippen LogP contribution < -0.4 is 20.5 Å². The molecule has 0 spiro atoms. The van der Waals surface area contributed by atoms with Crippen LogP contribution in [0.25, 0.3) is 12.2 Å². The van der Waals surface area contributed by atoms with Crippen LogP contribution in [0.15, 0.2) is 59.5 Å². The van der Waals surface area contributed by atoms with Crippen LogP contribution >= 0.6 is 0 Å². The number of fused-ring (bicyclic) bond motifs is 1. The van der Waals surface area contributed by atoms with E-state index in [1.165, 1.54) is 5.56 Å². The molecule has 6 heteroatoms. The molecule has 1 aromatic heterocycles. The van der Waals surface area contributed by atoms with Crippen molar-refractivity contribution in [3.8, 4) is 11.5 Å². The Labute approximate surface area is 195 Å². The first-order chi connectivity index (χ1) is 16.0. The van der Waals surface area contributed by atoms with E-state index in [-0.39, 0.29) is 5.71 Å². The van der Waals surface area contributed by atoms with E-state index in [0.29, 0.717) is 22.8 Å². The molecule has 4 rings (SSSR count). The van der Waals surface area contributed by atoms with Crippen LogP contribution in [0.5, 0.6) is 11.5 Å². The highest BCUT2D eigenvalue weighted by molar-refractivity contribution is 6.15. The Bertz CT molecular complexity index is 1160. The van der Waals surface area contributed by atoms with E-state index in [1.807, 2.05) is 43.5 Å². The molecule has 4 N–H and O–H groups in total. The molecule has 0 radical (unpaired) electrons. The summed E-state index contributed by atoms with van der Waals surface area (Å²) in [5.74, 6) is 2.88. The van der Waals surface area contributed by atoms with Gasteiger partial charge >= 0.3 is 0 Å². The van der Waals surface area contributed by atoms with Gasteiger partial charge < -0.3 is 24.9 Å². The normalized spacial score (nSPS) is 11.7. The van der Waals surface area contributed by atoms with E-state index in [1.54, 1.807) is 26.4 Å². The molecule has 0 fully saturated rings. The van der Waals surface area contributed by atoms with Crippen molar-refractivity contribution >= 4 is 23.6 Å². The number of nitrogens with two attached hydrogens (primary N) is 1. The molecule has 0 saturated heterocycles. The fourth-order valence-corrected chi connectivity index (χ4v) is 3.69. The number of aryl methyl sites for hydroxylation is 1. The molecule has 1 heterocycles. The third kappa shape index (κ3) is 5.54. The summed E-state index contributed by atoms with van der Waals surface area (Å²) in [5, 5.41) is 11.6. The van der Waals surface area contributed by atoms with E-state index in [2.05, 4.69) is 24.0 Å². The average Bonchev–Trinajstić information content (AvgIpc) is 3.28. The van der Waals surface area contributed by atoms with Gasteiger partial charge in [-0.05, 0) is 49.4 Å². The van der Waals surface area contributed by atoms with Crippen molar-refractivity contribution in [3.05, 3.63) is 88.9 Å². The van der Waals surface area contributed by atoms with E-state index >= 15 is 0 Å². The summed E-state index contributed by atoms with van der Waals surface area (Å²) in [4.78, 5) is 0. The van der Waals surface area contributed by atoms with Gasteiger partial charge in [0.25, 0.3) is 0 Å². The molecule has 1 aliphatic carbocycles. The van der Waals surface area contributed by atoms with Gasteiger partial charge in [0, 0.05) is 29.8 Å². The minimum Gasteiger partial charge on any atom is -0.497 e. The number of nitrogen functional groups attached to an aromatic ring is 1. The van der Waals surface area contributed by atoms with Crippen molar-refractivity contribution < 1.29 is 13.9 Å². The van der Waals surface area contributed by atoms with Gasteiger partial charge in [-0.2, -0.15) is 0 Å². The summed E-state index contributed by atoms with van der Waals surface area (Å²) >= 11 is 0. The van der Waals surface area contributed by atoms with Gasteiger partial charge in [-0.1, -0.05) is 36.9 Å². The van der Waals surface area contributed by atoms with Crippen molar-refractivity contribution in [2.75, 3.05) is 27.0 Å². The number of benzene rings is 2. The van der Waals surface area contributed by atoms with Gasteiger partial charge in [-0.25, -0.2) is 0 Å². The number of hydrogen-bond donors (Lipinski definition) is 3. The molecule has 0 amide bonds. The van der Waals surface area contributed by atoms with Crippen molar-refractivity contribution in [1.82, 2.24) is 5.32 Å². The second-order valence-electron chi connectivity index (χ2n) is 7.54. The summed E-state index contributed by atoms with van der Waals surface area (Å²) in [5.41, 5.74) is 10.4. The molecule has 3 aromatic rings. The molecule has 33 heavy (non-hydrogen) atoms. The van der Waals surface area contributed by atoms with Crippen molar-refractivity contribution in [1.29, 1.82) is 5.41 Å². The standard InChI is InChI=1S/C18H18N2O2.C9H13NO/c1-3-11-8-9-13(19)16(18(11)21-2)17(20)15-10-12-6-4-5-7-14(12)22-15;1-10-7-8-4-3-5-9(6-8)11-2/h3-4,6,8-10,20H,1,5,7,19H2,2H3;3-6,10H,7H2,1-2H3. The van der Waals surface area contributed by atoms with Gasteiger partial charge in [0.15, 0.2) is 5.76 Å². The Hall–Kier alpha value is -3.77. The molecule has 0 atom stereocenters. The lowest BCUT2D eigenvalue weighted by molar-refractivity contribution is 0.413. The van der Waals surface area contributed by atoms with E-state index in [4.69, 9.17) is 25.0 Å². The first kappa shape index (κ1) is 23.9. The molecule has 6 nitrogen and oxygen atoms in total. The highest BCUT2D eigenvalue weighted by Gasteiger charge is 2.21. The maximum absolute atomic E-state index is 8.50. The zero-order valence-corrected chi connectivity index (χ0v) is 19.4. The summed E-state index contributed by atoms with van der Waals surface area (Å²) in [6.45, 7) is 4.66. The fourth-order valence-electron chi connectivity index (χ4n) is 3.69. The van der Waals surface area contributed by atoms with E-state index in [9.17, 15) is 0 Å². The zero-order valence-electron chi connectivity index (χ0n) is 19.4. The first-order valence-corrected chi connectivity index (χ1v) is 10.8. The Morgan fingerprint density at radius 3 is 2.70 bits per heavy atom. The monoisotopic (exact) mass is 445 g/mol. The van der Waals surface area contributed by atoms with Crippen LogP contribution in [0.3, 0.4) is 0 Å². The number of anilines is 1. The predicted octanol–water partition coefficient (Wildman–Crippen LogP) is 5.30. The quantitative estimate of drug-likeness (QED) is 0.339. The van der Waals surface area contributed by atoms with Crippen LogP contribution in [0.2, 0.25) is 0 Å². The largest absolute Gasteiger partial charge is 0.497 e. The van der Waals surface area contributed by atoms with E-state index < -0.39 is 0 Å². The highest BCUT2D eigenvalue weighted by atomic mass is 16.5. The Balaban J connectivity index is 0.000000235. The number of methoxy groups -OCH3 is 2. The number of nitrogens with one attached hydrogen (secondary N) is 2. The van der Waals surface area contributed by atoms with Crippen LogP contribution in [0.4, 0.5) is 5.69 Å². The summed E-state index contributed by atoms with van der Waals surface area (Å²) < 4.78 is 16.4. The lowest BCUT2D eigenvalue weighted by Crippen LogP contribution is -2.08. The number of rotatable bonds is 7. The van der Waals surface area contributed by atoms with Crippen molar-refractivity contribution in [3.63, 3.8) is 0 Å². The molecular weight excluding hydrogens is 414 g/mol. The van der Waals surface area contributed by atoms with Gasteiger partial charge in [0.1, 0.15) is 23.0 Å². The van der Waals surface area contributed by atoms with E-state index in [0.717, 1.165) is 42.0 Å². The van der Waals surface area contributed by atoms with Gasteiger partial charge in [-0.3, -0.25) is 5.41 Å². The SMILES string of the molecule is C=Cc1ccc(N)c(C(=N)c2cc3c(o2)CCC=C3)c1OC.CNCc1cccc(OC)c1. The van der Waals surface area contributed by atoms with Crippen molar-refractivity contribution in [2.45, 2.75) is 19.4 Å². The third-order valence-electron chi connectivity index (χ3n) is 5.33. The lowest BCUT2D eigenvalue weighted by Gasteiger charge is -2.14. The highest BCUT2D eigenvalue weighted by Crippen LogP contribution is 2.33. The smallest absolute Gasteiger partial charge is 0.153 e. The van der Waals surface area contributed by atoms with Crippen molar-refractivity contribution in [2.24, 2.45) is 0 Å².